The summed E-state index contributed by atoms with van der Waals surface area (Å²) in [6.07, 6.45) is 6.40. The zero-order valence-corrected chi connectivity index (χ0v) is 18.3. The Labute approximate surface area is 183 Å². The number of carbonyl (C=O) groups is 1. The lowest BCUT2D eigenvalue weighted by atomic mass is 9.98. The number of rotatable bonds is 5. The van der Waals surface area contributed by atoms with Crippen molar-refractivity contribution in [3.63, 3.8) is 0 Å². The van der Waals surface area contributed by atoms with Crippen LogP contribution in [-0.2, 0) is 0 Å². The number of carbonyl (C=O) groups excluding carboxylic acids is 1. The number of aromatic nitrogens is 2. The van der Waals surface area contributed by atoms with Gasteiger partial charge in [-0.2, -0.15) is 5.10 Å². The van der Waals surface area contributed by atoms with E-state index in [4.69, 9.17) is 11.6 Å². The van der Waals surface area contributed by atoms with E-state index in [1.165, 1.54) is 25.9 Å². The van der Waals surface area contributed by atoms with Gasteiger partial charge in [0, 0.05) is 25.2 Å². The van der Waals surface area contributed by atoms with Gasteiger partial charge in [-0.1, -0.05) is 30.7 Å². The first-order valence-electron chi connectivity index (χ1n) is 11.0. The third-order valence-electron chi connectivity index (χ3n) is 6.40. The van der Waals surface area contributed by atoms with Gasteiger partial charge < -0.3 is 15.1 Å². The van der Waals surface area contributed by atoms with Gasteiger partial charge in [0.05, 0.1) is 22.9 Å². The van der Waals surface area contributed by atoms with Crippen LogP contribution in [0.5, 0.6) is 0 Å². The fourth-order valence-corrected chi connectivity index (χ4v) is 4.82. The van der Waals surface area contributed by atoms with Crippen molar-refractivity contribution >= 4 is 29.1 Å². The molecule has 0 bridgehead atoms. The lowest BCUT2D eigenvalue weighted by molar-refractivity contribution is 0.0795. The molecule has 0 saturated carbocycles. The quantitative estimate of drug-likeness (QED) is 0.742. The molecule has 0 unspecified atom stereocenters. The normalized spacial score (nSPS) is 19.7. The van der Waals surface area contributed by atoms with Crippen molar-refractivity contribution in [2.24, 2.45) is 0 Å². The van der Waals surface area contributed by atoms with Crippen LogP contribution in [-0.4, -0.2) is 64.4 Å². The SMILES string of the molecule is CCN1CCC(N2CCC(n3nccc3NC(=O)Nc3ccccc3Cl)CC2)CC1. The minimum atomic E-state index is -0.315. The van der Waals surface area contributed by atoms with E-state index in [0.29, 0.717) is 28.6 Å². The summed E-state index contributed by atoms with van der Waals surface area (Å²) in [6, 6.07) is 9.75. The molecule has 162 valence electrons. The first kappa shape index (κ1) is 21.2. The summed E-state index contributed by atoms with van der Waals surface area (Å²) in [7, 11) is 0. The summed E-state index contributed by atoms with van der Waals surface area (Å²) in [5.41, 5.74) is 0.588. The minimum Gasteiger partial charge on any atom is -0.306 e. The summed E-state index contributed by atoms with van der Waals surface area (Å²) < 4.78 is 1.96. The van der Waals surface area contributed by atoms with Crippen molar-refractivity contribution in [1.29, 1.82) is 0 Å². The molecule has 30 heavy (non-hydrogen) atoms. The molecule has 2 aliphatic rings. The Morgan fingerprint density at radius 3 is 2.43 bits per heavy atom. The van der Waals surface area contributed by atoms with Crippen molar-refractivity contribution in [3.05, 3.63) is 41.6 Å². The van der Waals surface area contributed by atoms with Crippen LogP contribution in [0, 0.1) is 0 Å². The number of para-hydroxylation sites is 1. The van der Waals surface area contributed by atoms with Gasteiger partial charge >= 0.3 is 6.03 Å². The molecule has 4 rings (SSSR count). The molecular formula is C22H31ClN6O. The zero-order chi connectivity index (χ0) is 20.9. The van der Waals surface area contributed by atoms with E-state index in [1.807, 2.05) is 22.9 Å². The summed E-state index contributed by atoms with van der Waals surface area (Å²) in [5.74, 6) is 0.717. The van der Waals surface area contributed by atoms with Crippen molar-refractivity contribution < 1.29 is 4.79 Å². The lowest BCUT2D eigenvalue weighted by Crippen LogP contribution is -2.47. The van der Waals surface area contributed by atoms with Crippen molar-refractivity contribution in [1.82, 2.24) is 19.6 Å². The number of likely N-dealkylation sites (tertiary alicyclic amines) is 2. The predicted octanol–water partition coefficient (Wildman–Crippen LogP) is 4.30. The molecule has 0 aliphatic carbocycles. The third-order valence-corrected chi connectivity index (χ3v) is 6.73. The Balaban J connectivity index is 1.31. The Morgan fingerprint density at radius 2 is 1.73 bits per heavy atom. The summed E-state index contributed by atoms with van der Waals surface area (Å²) >= 11 is 6.13. The Bertz CT molecular complexity index is 840. The van der Waals surface area contributed by atoms with E-state index in [-0.39, 0.29) is 6.03 Å². The topological polar surface area (TPSA) is 65.4 Å². The second kappa shape index (κ2) is 9.81. The van der Waals surface area contributed by atoms with Crippen LogP contribution >= 0.6 is 11.6 Å². The monoisotopic (exact) mass is 430 g/mol. The lowest BCUT2D eigenvalue weighted by Gasteiger charge is -2.41. The van der Waals surface area contributed by atoms with Crippen LogP contribution in [0.1, 0.15) is 38.6 Å². The molecule has 0 atom stereocenters. The number of piperidine rings is 2. The Kier molecular flexibility index (Phi) is 6.92. The second-order valence-electron chi connectivity index (χ2n) is 8.15. The molecule has 2 amide bonds. The van der Waals surface area contributed by atoms with E-state index in [1.54, 1.807) is 18.3 Å². The molecule has 1 aromatic carbocycles. The predicted molar refractivity (Wildman–Crippen MR) is 121 cm³/mol. The number of hydrogen-bond acceptors (Lipinski definition) is 4. The van der Waals surface area contributed by atoms with Gasteiger partial charge in [-0.3, -0.25) is 5.32 Å². The molecule has 2 fully saturated rings. The van der Waals surface area contributed by atoms with E-state index in [9.17, 15) is 4.79 Å². The second-order valence-corrected chi connectivity index (χ2v) is 8.56. The number of nitrogens with zero attached hydrogens (tertiary/aromatic N) is 4. The van der Waals surface area contributed by atoms with Crippen LogP contribution in [0.4, 0.5) is 16.3 Å². The molecule has 2 aromatic rings. The van der Waals surface area contributed by atoms with Crippen LogP contribution in [0.3, 0.4) is 0 Å². The molecular weight excluding hydrogens is 400 g/mol. The van der Waals surface area contributed by atoms with Gasteiger partial charge in [0.2, 0.25) is 0 Å². The number of benzene rings is 1. The number of anilines is 2. The van der Waals surface area contributed by atoms with Crippen LogP contribution < -0.4 is 10.6 Å². The standard InChI is InChI=1S/C22H31ClN6O/c1-2-27-13-8-17(9-14-27)28-15-10-18(11-16-28)29-21(7-12-24-29)26-22(30)25-20-6-4-3-5-19(20)23/h3-7,12,17-18H,2,8-11,13-16H2,1H3,(H2,25,26,30). The highest BCUT2D eigenvalue weighted by Gasteiger charge is 2.29. The van der Waals surface area contributed by atoms with Crippen molar-refractivity contribution in [3.8, 4) is 0 Å². The molecule has 2 saturated heterocycles. The summed E-state index contributed by atoms with van der Waals surface area (Å²) in [5, 5.41) is 10.7. The van der Waals surface area contributed by atoms with E-state index in [0.717, 1.165) is 32.5 Å². The average molecular weight is 431 g/mol. The minimum absolute atomic E-state index is 0.308. The fraction of sp³-hybridized carbons (Fsp3) is 0.545. The van der Waals surface area contributed by atoms with Gasteiger partial charge in [-0.05, 0) is 57.5 Å². The van der Waals surface area contributed by atoms with E-state index in [2.05, 4.69) is 32.5 Å². The highest BCUT2D eigenvalue weighted by Crippen LogP contribution is 2.29. The van der Waals surface area contributed by atoms with Gasteiger partial charge in [0.15, 0.2) is 0 Å². The van der Waals surface area contributed by atoms with Gasteiger partial charge in [-0.25, -0.2) is 9.48 Å². The Hall–Kier alpha value is -2.09. The molecule has 2 aliphatic heterocycles. The van der Waals surface area contributed by atoms with Gasteiger partial charge in [-0.15, -0.1) is 0 Å². The summed E-state index contributed by atoms with van der Waals surface area (Å²) in [6.45, 7) is 8.02. The smallest absolute Gasteiger partial charge is 0.306 e. The molecule has 8 heteroatoms. The number of amides is 2. The molecule has 2 N–H and O–H groups in total. The first-order chi connectivity index (χ1) is 14.6. The first-order valence-corrected chi connectivity index (χ1v) is 11.3. The molecule has 0 radical (unpaired) electrons. The number of hydrogen-bond donors (Lipinski definition) is 2. The fourth-order valence-electron chi connectivity index (χ4n) is 4.63. The van der Waals surface area contributed by atoms with E-state index >= 15 is 0 Å². The average Bonchev–Trinajstić information content (AvgIpc) is 3.23. The largest absolute Gasteiger partial charge is 0.324 e. The highest BCUT2D eigenvalue weighted by atomic mass is 35.5. The molecule has 3 heterocycles. The maximum atomic E-state index is 12.4. The number of halogens is 1. The molecule has 7 nitrogen and oxygen atoms in total. The zero-order valence-electron chi connectivity index (χ0n) is 17.6. The number of nitrogens with one attached hydrogen (secondary N) is 2. The van der Waals surface area contributed by atoms with Crippen LogP contribution in [0.15, 0.2) is 36.5 Å². The van der Waals surface area contributed by atoms with Crippen LogP contribution in [0.25, 0.3) is 0 Å². The van der Waals surface area contributed by atoms with Gasteiger partial charge in [0.25, 0.3) is 0 Å². The molecule has 0 spiro atoms. The molecule has 1 aromatic heterocycles. The van der Waals surface area contributed by atoms with Crippen LogP contribution in [0.2, 0.25) is 5.02 Å². The third kappa shape index (κ3) is 4.96. The Morgan fingerprint density at radius 1 is 1.03 bits per heavy atom. The number of urea groups is 1. The maximum Gasteiger partial charge on any atom is 0.324 e. The van der Waals surface area contributed by atoms with Crippen molar-refractivity contribution in [2.75, 3.05) is 43.4 Å². The highest BCUT2D eigenvalue weighted by molar-refractivity contribution is 6.33. The summed E-state index contributed by atoms with van der Waals surface area (Å²) in [4.78, 5) is 17.6. The van der Waals surface area contributed by atoms with Crippen molar-refractivity contribution in [2.45, 2.75) is 44.7 Å². The van der Waals surface area contributed by atoms with E-state index < -0.39 is 0 Å². The van der Waals surface area contributed by atoms with Gasteiger partial charge in [0.1, 0.15) is 5.82 Å². The maximum absolute atomic E-state index is 12.4.